The minimum Gasteiger partial charge on any atom is -0.508 e. The first-order valence-electron chi connectivity index (χ1n) is 5.70. The van der Waals surface area contributed by atoms with Gasteiger partial charge in [-0.3, -0.25) is 0 Å². The van der Waals surface area contributed by atoms with Crippen LogP contribution >= 0.6 is 0 Å². The summed E-state index contributed by atoms with van der Waals surface area (Å²) < 4.78 is 5.85. The molecule has 1 aliphatic rings. The highest BCUT2D eigenvalue weighted by atomic mass is 16.5. The van der Waals surface area contributed by atoms with E-state index in [1.54, 1.807) is 12.1 Å². The Morgan fingerprint density at radius 1 is 1.33 bits per heavy atom. The Kier molecular flexibility index (Phi) is 3.14. The molecule has 0 amide bonds. The first-order valence-corrected chi connectivity index (χ1v) is 5.70. The molecule has 2 unspecified atom stereocenters. The van der Waals surface area contributed by atoms with Crippen molar-refractivity contribution >= 4 is 0 Å². The van der Waals surface area contributed by atoms with Gasteiger partial charge < -0.3 is 9.84 Å². The quantitative estimate of drug-likeness (QED) is 0.804. The SMILES string of the molecule is CC1CCCC(Oc2cccc(O)c2)C1. The smallest absolute Gasteiger partial charge is 0.123 e. The molecule has 2 heteroatoms. The number of hydrogen-bond donors (Lipinski definition) is 1. The normalized spacial score (nSPS) is 26.2. The van der Waals surface area contributed by atoms with Crippen molar-refractivity contribution in [2.45, 2.75) is 38.7 Å². The van der Waals surface area contributed by atoms with E-state index in [4.69, 9.17) is 4.74 Å². The summed E-state index contributed by atoms with van der Waals surface area (Å²) in [7, 11) is 0. The Labute approximate surface area is 90.9 Å². The molecule has 0 aliphatic heterocycles. The molecule has 1 aliphatic carbocycles. The average Bonchev–Trinajstić information content (AvgIpc) is 2.17. The van der Waals surface area contributed by atoms with E-state index in [-0.39, 0.29) is 5.75 Å². The molecule has 1 N–H and O–H groups in total. The summed E-state index contributed by atoms with van der Waals surface area (Å²) in [4.78, 5) is 0. The van der Waals surface area contributed by atoms with Crippen molar-refractivity contribution in [1.82, 2.24) is 0 Å². The summed E-state index contributed by atoms with van der Waals surface area (Å²) in [5.74, 6) is 1.83. The fourth-order valence-corrected chi connectivity index (χ4v) is 2.23. The van der Waals surface area contributed by atoms with E-state index in [0.29, 0.717) is 6.10 Å². The molecule has 2 nitrogen and oxygen atoms in total. The number of aromatic hydroxyl groups is 1. The first-order chi connectivity index (χ1) is 7.24. The topological polar surface area (TPSA) is 29.5 Å². The zero-order chi connectivity index (χ0) is 10.7. The second-order valence-electron chi connectivity index (χ2n) is 4.51. The lowest BCUT2D eigenvalue weighted by Crippen LogP contribution is -2.23. The molecule has 2 atom stereocenters. The van der Waals surface area contributed by atoms with E-state index in [1.807, 2.05) is 12.1 Å². The van der Waals surface area contributed by atoms with Crippen molar-refractivity contribution in [1.29, 1.82) is 0 Å². The second-order valence-corrected chi connectivity index (χ2v) is 4.51. The summed E-state index contributed by atoms with van der Waals surface area (Å²) in [6.07, 6.45) is 5.18. The van der Waals surface area contributed by atoms with Crippen LogP contribution in [0.1, 0.15) is 32.6 Å². The molecule has 2 rings (SSSR count). The van der Waals surface area contributed by atoms with Crippen molar-refractivity contribution in [3.8, 4) is 11.5 Å². The van der Waals surface area contributed by atoms with Gasteiger partial charge in [0.15, 0.2) is 0 Å². The molecule has 1 saturated carbocycles. The van der Waals surface area contributed by atoms with Crippen LogP contribution in [0, 0.1) is 5.92 Å². The molecule has 0 spiro atoms. The Morgan fingerprint density at radius 2 is 2.20 bits per heavy atom. The van der Waals surface area contributed by atoms with Crippen LogP contribution in [-0.4, -0.2) is 11.2 Å². The van der Waals surface area contributed by atoms with Crippen LogP contribution in [0.25, 0.3) is 0 Å². The van der Waals surface area contributed by atoms with Crippen molar-refractivity contribution in [3.05, 3.63) is 24.3 Å². The van der Waals surface area contributed by atoms with Gasteiger partial charge in [0.1, 0.15) is 11.5 Å². The van der Waals surface area contributed by atoms with Gasteiger partial charge >= 0.3 is 0 Å². The first kappa shape index (κ1) is 10.3. The number of rotatable bonds is 2. The Morgan fingerprint density at radius 3 is 2.93 bits per heavy atom. The number of ether oxygens (including phenoxy) is 1. The van der Waals surface area contributed by atoms with Crippen LogP contribution in [0.4, 0.5) is 0 Å². The highest BCUT2D eigenvalue weighted by Crippen LogP contribution is 2.28. The minimum absolute atomic E-state index is 0.274. The summed E-state index contributed by atoms with van der Waals surface area (Å²) >= 11 is 0. The van der Waals surface area contributed by atoms with Gasteiger partial charge in [0.2, 0.25) is 0 Å². The van der Waals surface area contributed by atoms with Gasteiger partial charge in [-0.25, -0.2) is 0 Å². The molecule has 82 valence electrons. The Balaban J connectivity index is 1.96. The molecule has 1 aromatic rings. The summed E-state index contributed by atoms with van der Waals surface area (Å²) in [5, 5.41) is 9.31. The molecule has 0 aromatic heterocycles. The molecular weight excluding hydrogens is 188 g/mol. The van der Waals surface area contributed by atoms with E-state index in [0.717, 1.165) is 24.5 Å². The third-order valence-electron chi connectivity index (χ3n) is 3.01. The molecule has 0 saturated heterocycles. The lowest BCUT2D eigenvalue weighted by molar-refractivity contribution is 0.129. The van der Waals surface area contributed by atoms with Gasteiger partial charge in [0.05, 0.1) is 6.10 Å². The zero-order valence-electron chi connectivity index (χ0n) is 9.15. The Hall–Kier alpha value is -1.18. The second kappa shape index (κ2) is 4.56. The highest BCUT2D eigenvalue weighted by molar-refractivity contribution is 5.31. The van der Waals surface area contributed by atoms with Crippen LogP contribution in [0.2, 0.25) is 0 Å². The third-order valence-corrected chi connectivity index (χ3v) is 3.01. The van der Waals surface area contributed by atoms with E-state index >= 15 is 0 Å². The number of hydrogen-bond acceptors (Lipinski definition) is 2. The van der Waals surface area contributed by atoms with Gasteiger partial charge in [0.25, 0.3) is 0 Å². The van der Waals surface area contributed by atoms with Gasteiger partial charge in [-0.05, 0) is 37.3 Å². The maximum Gasteiger partial charge on any atom is 0.123 e. The number of phenolic OH excluding ortho intramolecular Hbond substituents is 1. The van der Waals surface area contributed by atoms with Crippen molar-refractivity contribution < 1.29 is 9.84 Å². The monoisotopic (exact) mass is 206 g/mol. The largest absolute Gasteiger partial charge is 0.508 e. The molecule has 15 heavy (non-hydrogen) atoms. The van der Waals surface area contributed by atoms with E-state index in [9.17, 15) is 5.11 Å². The van der Waals surface area contributed by atoms with Gasteiger partial charge in [-0.15, -0.1) is 0 Å². The third kappa shape index (κ3) is 2.88. The lowest BCUT2D eigenvalue weighted by atomic mass is 9.89. The van der Waals surface area contributed by atoms with Crippen molar-refractivity contribution in [2.24, 2.45) is 5.92 Å². The lowest BCUT2D eigenvalue weighted by Gasteiger charge is -2.27. The molecule has 0 radical (unpaired) electrons. The minimum atomic E-state index is 0.274. The summed E-state index contributed by atoms with van der Waals surface area (Å²) in [5.41, 5.74) is 0. The van der Waals surface area contributed by atoms with E-state index < -0.39 is 0 Å². The molecule has 1 aromatic carbocycles. The maximum atomic E-state index is 9.31. The predicted molar refractivity (Wildman–Crippen MR) is 60.2 cm³/mol. The van der Waals surface area contributed by atoms with Crippen LogP contribution in [0.5, 0.6) is 11.5 Å². The fourth-order valence-electron chi connectivity index (χ4n) is 2.23. The summed E-state index contributed by atoms with van der Waals surface area (Å²) in [6.45, 7) is 2.28. The van der Waals surface area contributed by atoms with E-state index in [2.05, 4.69) is 6.92 Å². The van der Waals surface area contributed by atoms with Crippen LogP contribution in [0.15, 0.2) is 24.3 Å². The molecular formula is C13H18O2. The number of phenols is 1. The fraction of sp³-hybridized carbons (Fsp3) is 0.538. The van der Waals surface area contributed by atoms with Crippen LogP contribution in [-0.2, 0) is 0 Å². The zero-order valence-corrected chi connectivity index (χ0v) is 9.15. The predicted octanol–water partition coefficient (Wildman–Crippen LogP) is 3.35. The average molecular weight is 206 g/mol. The molecule has 0 heterocycles. The van der Waals surface area contributed by atoms with Crippen molar-refractivity contribution in [3.63, 3.8) is 0 Å². The van der Waals surface area contributed by atoms with Gasteiger partial charge in [0, 0.05) is 6.07 Å². The molecule has 0 bridgehead atoms. The van der Waals surface area contributed by atoms with E-state index in [1.165, 1.54) is 12.8 Å². The van der Waals surface area contributed by atoms with Crippen molar-refractivity contribution in [2.75, 3.05) is 0 Å². The van der Waals surface area contributed by atoms with Crippen LogP contribution < -0.4 is 4.74 Å². The maximum absolute atomic E-state index is 9.31. The van der Waals surface area contributed by atoms with Crippen LogP contribution in [0.3, 0.4) is 0 Å². The standard InChI is InChI=1S/C13H18O2/c1-10-4-2-6-12(8-10)15-13-7-3-5-11(14)9-13/h3,5,7,9-10,12,14H,2,4,6,8H2,1H3. The van der Waals surface area contributed by atoms with Gasteiger partial charge in [-0.2, -0.15) is 0 Å². The number of benzene rings is 1. The molecule has 1 fully saturated rings. The Bertz CT molecular complexity index is 322. The highest BCUT2D eigenvalue weighted by Gasteiger charge is 2.20. The summed E-state index contributed by atoms with van der Waals surface area (Å²) in [6, 6.07) is 7.06. The van der Waals surface area contributed by atoms with Gasteiger partial charge in [-0.1, -0.05) is 19.4 Å².